The van der Waals surface area contributed by atoms with Gasteiger partial charge in [0.25, 0.3) is 5.69 Å². The Bertz CT molecular complexity index is 445. The summed E-state index contributed by atoms with van der Waals surface area (Å²) in [7, 11) is 0. The van der Waals surface area contributed by atoms with E-state index >= 15 is 0 Å². The summed E-state index contributed by atoms with van der Waals surface area (Å²) in [6.07, 6.45) is 5.43. The van der Waals surface area contributed by atoms with Crippen LogP contribution in [0.25, 0.3) is 0 Å². The molecule has 5 heteroatoms. The fraction of sp³-hybridized carbons (Fsp3) is 0.538. The molecule has 1 atom stereocenters. The zero-order valence-corrected chi connectivity index (χ0v) is 10.1. The Morgan fingerprint density at radius 2 is 2.00 bits per heavy atom. The molecule has 0 radical (unpaired) electrons. The molecule has 1 aliphatic rings. The molecule has 98 valence electrons. The summed E-state index contributed by atoms with van der Waals surface area (Å²) in [6.45, 7) is 0. The standard InChI is InChI=1S/C13H17FN2O2/c14-10-6-7-11(12(8-10)16(17)18)13(15)9-4-2-1-3-5-9/h6-9,13H,1-5,15H2/t13-/m0/s1. The largest absolute Gasteiger partial charge is 0.324 e. The van der Waals surface area contributed by atoms with Gasteiger partial charge in [0, 0.05) is 11.6 Å². The van der Waals surface area contributed by atoms with Crippen molar-refractivity contribution >= 4 is 5.69 Å². The molecule has 1 saturated carbocycles. The van der Waals surface area contributed by atoms with E-state index in [9.17, 15) is 14.5 Å². The molecule has 1 fully saturated rings. The maximum absolute atomic E-state index is 13.1. The van der Waals surface area contributed by atoms with Crippen molar-refractivity contribution in [3.05, 3.63) is 39.7 Å². The van der Waals surface area contributed by atoms with Crippen molar-refractivity contribution in [1.29, 1.82) is 0 Å². The fourth-order valence-electron chi connectivity index (χ4n) is 2.70. The van der Waals surface area contributed by atoms with Gasteiger partial charge < -0.3 is 5.73 Å². The molecule has 0 aromatic heterocycles. The highest BCUT2D eigenvalue weighted by Gasteiger charge is 2.27. The number of benzene rings is 1. The van der Waals surface area contributed by atoms with Crippen LogP contribution in [0.15, 0.2) is 18.2 Å². The maximum atomic E-state index is 13.1. The zero-order valence-electron chi connectivity index (χ0n) is 10.1. The summed E-state index contributed by atoms with van der Waals surface area (Å²) in [5.41, 5.74) is 6.38. The van der Waals surface area contributed by atoms with Crippen LogP contribution in [-0.2, 0) is 0 Å². The van der Waals surface area contributed by atoms with E-state index in [0.29, 0.717) is 5.56 Å². The normalized spacial score (nSPS) is 18.6. The summed E-state index contributed by atoms with van der Waals surface area (Å²) in [5, 5.41) is 10.9. The second kappa shape index (κ2) is 5.44. The Balaban J connectivity index is 2.28. The third kappa shape index (κ3) is 2.67. The van der Waals surface area contributed by atoms with Gasteiger partial charge in [0.15, 0.2) is 0 Å². The highest BCUT2D eigenvalue weighted by molar-refractivity contribution is 5.42. The van der Waals surface area contributed by atoms with Crippen LogP contribution in [0.1, 0.15) is 43.7 Å². The Morgan fingerprint density at radius 1 is 1.33 bits per heavy atom. The maximum Gasteiger partial charge on any atom is 0.277 e. The van der Waals surface area contributed by atoms with Crippen molar-refractivity contribution in [2.45, 2.75) is 38.1 Å². The summed E-state index contributed by atoms with van der Waals surface area (Å²) >= 11 is 0. The van der Waals surface area contributed by atoms with E-state index in [0.717, 1.165) is 31.7 Å². The second-order valence-electron chi connectivity index (χ2n) is 4.88. The van der Waals surface area contributed by atoms with Gasteiger partial charge in [-0.15, -0.1) is 0 Å². The molecule has 0 heterocycles. The van der Waals surface area contributed by atoms with Crippen LogP contribution in [0.3, 0.4) is 0 Å². The van der Waals surface area contributed by atoms with Crippen LogP contribution in [0.4, 0.5) is 10.1 Å². The predicted octanol–water partition coefficient (Wildman–Crippen LogP) is 3.31. The number of rotatable bonds is 3. The number of nitro groups is 1. The molecule has 0 bridgehead atoms. The molecule has 18 heavy (non-hydrogen) atoms. The number of nitrogens with zero attached hydrogens (tertiary/aromatic N) is 1. The Kier molecular flexibility index (Phi) is 3.91. The molecule has 4 nitrogen and oxygen atoms in total. The number of hydrogen-bond donors (Lipinski definition) is 1. The average Bonchev–Trinajstić information content (AvgIpc) is 2.39. The first-order valence-electron chi connectivity index (χ1n) is 6.29. The monoisotopic (exact) mass is 252 g/mol. The van der Waals surface area contributed by atoms with E-state index in [4.69, 9.17) is 5.73 Å². The molecule has 0 spiro atoms. The topological polar surface area (TPSA) is 69.2 Å². The minimum Gasteiger partial charge on any atom is -0.324 e. The molecule has 2 rings (SSSR count). The molecule has 0 unspecified atom stereocenters. The van der Waals surface area contributed by atoms with Crippen LogP contribution in [-0.4, -0.2) is 4.92 Å². The number of halogens is 1. The molecular weight excluding hydrogens is 235 g/mol. The lowest BCUT2D eigenvalue weighted by molar-refractivity contribution is -0.386. The van der Waals surface area contributed by atoms with Crippen molar-refractivity contribution in [2.75, 3.05) is 0 Å². The Morgan fingerprint density at radius 3 is 2.61 bits per heavy atom. The van der Waals surface area contributed by atoms with Gasteiger partial charge in [-0.3, -0.25) is 10.1 Å². The molecule has 1 aliphatic carbocycles. The van der Waals surface area contributed by atoms with Gasteiger partial charge in [0.1, 0.15) is 5.82 Å². The first kappa shape index (κ1) is 13.0. The van der Waals surface area contributed by atoms with Crippen molar-refractivity contribution in [1.82, 2.24) is 0 Å². The van der Waals surface area contributed by atoms with Crippen LogP contribution in [0.5, 0.6) is 0 Å². The van der Waals surface area contributed by atoms with Crippen molar-refractivity contribution in [2.24, 2.45) is 11.7 Å². The van der Waals surface area contributed by atoms with Crippen LogP contribution < -0.4 is 5.73 Å². The fourth-order valence-corrected chi connectivity index (χ4v) is 2.70. The third-order valence-corrected chi connectivity index (χ3v) is 3.71. The Hall–Kier alpha value is -1.49. The van der Waals surface area contributed by atoms with E-state index < -0.39 is 10.7 Å². The lowest BCUT2D eigenvalue weighted by atomic mass is 9.81. The van der Waals surface area contributed by atoms with E-state index in [1.165, 1.54) is 18.6 Å². The highest BCUT2D eigenvalue weighted by Crippen LogP contribution is 2.36. The van der Waals surface area contributed by atoms with Crippen LogP contribution in [0, 0.1) is 21.8 Å². The predicted molar refractivity (Wildman–Crippen MR) is 66.6 cm³/mol. The average molecular weight is 252 g/mol. The third-order valence-electron chi connectivity index (χ3n) is 3.71. The lowest BCUT2D eigenvalue weighted by Gasteiger charge is -2.27. The number of nitro benzene ring substituents is 1. The second-order valence-corrected chi connectivity index (χ2v) is 4.88. The molecule has 0 amide bonds. The minimum atomic E-state index is -0.596. The van der Waals surface area contributed by atoms with E-state index in [1.807, 2.05) is 0 Å². The van der Waals surface area contributed by atoms with Crippen molar-refractivity contribution in [3.8, 4) is 0 Å². The van der Waals surface area contributed by atoms with Crippen molar-refractivity contribution in [3.63, 3.8) is 0 Å². The van der Waals surface area contributed by atoms with Gasteiger partial charge in [0.2, 0.25) is 0 Å². The summed E-state index contributed by atoms with van der Waals surface area (Å²) in [4.78, 5) is 10.4. The molecule has 1 aromatic carbocycles. The highest BCUT2D eigenvalue weighted by atomic mass is 19.1. The van der Waals surface area contributed by atoms with Crippen LogP contribution >= 0.6 is 0 Å². The molecular formula is C13H17FN2O2. The van der Waals surface area contributed by atoms with Gasteiger partial charge in [-0.1, -0.05) is 19.3 Å². The lowest BCUT2D eigenvalue weighted by Crippen LogP contribution is -2.24. The molecule has 2 N–H and O–H groups in total. The van der Waals surface area contributed by atoms with Gasteiger partial charge in [-0.05, 0) is 30.9 Å². The summed E-state index contributed by atoms with van der Waals surface area (Å²) in [6, 6.07) is 3.28. The number of hydrogen-bond acceptors (Lipinski definition) is 3. The van der Waals surface area contributed by atoms with Gasteiger partial charge in [0.05, 0.1) is 11.0 Å². The molecule has 0 saturated heterocycles. The first-order valence-corrected chi connectivity index (χ1v) is 6.29. The quantitative estimate of drug-likeness (QED) is 0.662. The first-order chi connectivity index (χ1) is 8.59. The number of nitrogens with two attached hydrogens (primary N) is 1. The SMILES string of the molecule is N[C@H](c1ccc(F)cc1[N+](=O)[O-])C1CCCCC1. The van der Waals surface area contributed by atoms with E-state index in [-0.39, 0.29) is 17.6 Å². The zero-order chi connectivity index (χ0) is 13.1. The summed E-state index contributed by atoms with van der Waals surface area (Å²) < 4.78 is 13.1. The summed E-state index contributed by atoms with van der Waals surface area (Å²) in [5.74, 6) is -0.329. The molecule has 1 aromatic rings. The van der Waals surface area contributed by atoms with Gasteiger partial charge in [-0.2, -0.15) is 0 Å². The Labute approximate surface area is 105 Å². The minimum absolute atomic E-state index is 0.201. The van der Waals surface area contributed by atoms with Crippen LogP contribution in [0.2, 0.25) is 0 Å². The van der Waals surface area contributed by atoms with Crippen molar-refractivity contribution < 1.29 is 9.31 Å². The van der Waals surface area contributed by atoms with Gasteiger partial charge in [-0.25, -0.2) is 4.39 Å². The van der Waals surface area contributed by atoms with E-state index in [1.54, 1.807) is 0 Å². The molecule has 0 aliphatic heterocycles. The van der Waals surface area contributed by atoms with E-state index in [2.05, 4.69) is 0 Å². The van der Waals surface area contributed by atoms with Gasteiger partial charge >= 0.3 is 0 Å². The smallest absolute Gasteiger partial charge is 0.277 e.